The van der Waals surface area contributed by atoms with E-state index in [0.29, 0.717) is 34.1 Å². The lowest BCUT2D eigenvalue weighted by Gasteiger charge is -2.20. The number of benzene rings is 1. The smallest absolute Gasteiger partial charge is 0.273 e. The van der Waals surface area contributed by atoms with Crippen LogP contribution in [0.4, 0.5) is 0 Å². The van der Waals surface area contributed by atoms with Gasteiger partial charge in [-0.3, -0.25) is 9.36 Å². The van der Waals surface area contributed by atoms with E-state index >= 15 is 0 Å². The first-order chi connectivity index (χ1) is 13.0. The molecule has 0 aliphatic heterocycles. The molecule has 0 radical (unpaired) electrons. The first kappa shape index (κ1) is 19.0. The van der Waals surface area contributed by atoms with Gasteiger partial charge >= 0.3 is 0 Å². The van der Waals surface area contributed by atoms with Crippen molar-refractivity contribution < 1.29 is 4.74 Å². The lowest BCUT2D eigenvalue weighted by Crippen LogP contribution is -2.30. The number of methoxy groups -OCH3 is 1. The number of fused-ring (bicyclic) bond motifs is 1. The van der Waals surface area contributed by atoms with Gasteiger partial charge in [-0.1, -0.05) is 24.6 Å². The number of halogens is 1. The molecule has 0 unspecified atom stereocenters. The van der Waals surface area contributed by atoms with Gasteiger partial charge in [-0.2, -0.15) is 5.26 Å². The molecule has 27 heavy (non-hydrogen) atoms. The Morgan fingerprint density at radius 1 is 1.37 bits per heavy atom. The fourth-order valence-corrected chi connectivity index (χ4v) is 3.35. The summed E-state index contributed by atoms with van der Waals surface area (Å²) < 4.78 is 6.96. The Labute approximate surface area is 162 Å². The summed E-state index contributed by atoms with van der Waals surface area (Å²) in [6, 6.07) is 8.97. The molecule has 0 saturated carbocycles. The third-order valence-electron chi connectivity index (χ3n) is 4.54. The number of nitriles is 1. The van der Waals surface area contributed by atoms with Crippen LogP contribution in [-0.2, 0) is 4.74 Å². The SMILES string of the molecule is CC[C@@H](COC)n1c(=O)c(C)nc2c(-c3ccc(C#N)c(Cl)c3)ccnc21. The van der Waals surface area contributed by atoms with E-state index in [-0.39, 0.29) is 11.6 Å². The monoisotopic (exact) mass is 382 g/mol. The van der Waals surface area contributed by atoms with E-state index in [9.17, 15) is 4.79 Å². The third-order valence-corrected chi connectivity index (χ3v) is 4.85. The van der Waals surface area contributed by atoms with Crippen molar-refractivity contribution in [3.05, 3.63) is 57.1 Å². The standard InChI is InChI=1S/C20H19ClN4O2/c1-4-15(11-27-3)25-19-18(24-12(2)20(25)26)16(7-8-23-19)13-5-6-14(10-22)17(21)9-13/h5-9,15H,4,11H2,1-3H3/t15-/m0/s1. The van der Waals surface area contributed by atoms with Gasteiger partial charge in [-0.05, 0) is 37.1 Å². The Morgan fingerprint density at radius 2 is 2.15 bits per heavy atom. The summed E-state index contributed by atoms with van der Waals surface area (Å²) in [5.41, 5.74) is 3.36. The second kappa shape index (κ2) is 7.87. The molecule has 138 valence electrons. The number of nitrogens with zero attached hydrogens (tertiary/aromatic N) is 4. The van der Waals surface area contributed by atoms with Gasteiger partial charge in [0.2, 0.25) is 0 Å². The van der Waals surface area contributed by atoms with E-state index in [4.69, 9.17) is 21.6 Å². The van der Waals surface area contributed by atoms with Gasteiger partial charge in [0.1, 0.15) is 17.3 Å². The molecule has 0 saturated heterocycles. The number of aromatic nitrogens is 3. The molecular weight excluding hydrogens is 364 g/mol. The maximum Gasteiger partial charge on any atom is 0.273 e. The Bertz CT molecular complexity index is 1100. The molecule has 0 amide bonds. The van der Waals surface area contributed by atoms with Crippen molar-refractivity contribution >= 4 is 22.8 Å². The predicted molar refractivity (Wildman–Crippen MR) is 105 cm³/mol. The molecule has 0 fully saturated rings. The predicted octanol–water partition coefficient (Wildman–Crippen LogP) is 3.89. The van der Waals surface area contributed by atoms with Crippen LogP contribution in [0.3, 0.4) is 0 Å². The molecule has 3 aromatic rings. The molecule has 6 nitrogen and oxygen atoms in total. The van der Waals surface area contributed by atoms with Gasteiger partial charge < -0.3 is 4.74 Å². The Kier molecular flexibility index (Phi) is 5.54. The molecule has 0 bridgehead atoms. The molecule has 3 rings (SSSR count). The summed E-state index contributed by atoms with van der Waals surface area (Å²) in [7, 11) is 1.61. The highest BCUT2D eigenvalue weighted by Crippen LogP contribution is 2.30. The normalized spacial score (nSPS) is 12.1. The second-order valence-corrected chi connectivity index (χ2v) is 6.63. The Balaban J connectivity index is 2.32. The average molecular weight is 383 g/mol. The van der Waals surface area contributed by atoms with Crippen LogP contribution in [0.25, 0.3) is 22.3 Å². The highest BCUT2D eigenvalue weighted by atomic mass is 35.5. The van der Waals surface area contributed by atoms with E-state index in [1.165, 1.54) is 0 Å². The maximum atomic E-state index is 12.8. The van der Waals surface area contributed by atoms with E-state index in [0.717, 1.165) is 17.5 Å². The summed E-state index contributed by atoms with van der Waals surface area (Å²) in [5, 5.41) is 9.46. The number of pyridine rings is 1. The zero-order valence-corrected chi connectivity index (χ0v) is 16.1. The summed E-state index contributed by atoms with van der Waals surface area (Å²) in [6.45, 7) is 4.10. The molecule has 0 aliphatic rings. The van der Waals surface area contributed by atoms with Gasteiger partial charge in [0.05, 0.1) is 23.2 Å². The largest absolute Gasteiger partial charge is 0.383 e. The lowest BCUT2D eigenvalue weighted by atomic mass is 10.0. The maximum absolute atomic E-state index is 12.8. The van der Waals surface area contributed by atoms with Gasteiger partial charge in [-0.25, -0.2) is 9.97 Å². The van der Waals surface area contributed by atoms with E-state index < -0.39 is 0 Å². The molecule has 0 N–H and O–H groups in total. The molecule has 7 heteroatoms. The Morgan fingerprint density at radius 3 is 2.78 bits per heavy atom. The number of ether oxygens (including phenoxy) is 1. The summed E-state index contributed by atoms with van der Waals surface area (Å²) in [5.74, 6) is 0. The van der Waals surface area contributed by atoms with Crippen LogP contribution in [0, 0.1) is 18.3 Å². The van der Waals surface area contributed by atoms with Crippen LogP contribution in [0.2, 0.25) is 5.02 Å². The highest BCUT2D eigenvalue weighted by molar-refractivity contribution is 6.32. The highest BCUT2D eigenvalue weighted by Gasteiger charge is 2.19. The fourth-order valence-electron chi connectivity index (χ4n) is 3.13. The van der Waals surface area contributed by atoms with Crippen molar-refractivity contribution in [1.82, 2.24) is 14.5 Å². The first-order valence-electron chi connectivity index (χ1n) is 8.58. The average Bonchev–Trinajstić information content (AvgIpc) is 2.67. The first-order valence-corrected chi connectivity index (χ1v) is 8.96. The fraction of sp³-hybridized carbons (Fsp3) is 0.300. The van der Waals surface area contributed by atoms with Crippen molar-refractivity contribution in [1.29, 1.82) is 5.26 Å². The van der Waals surface area contributed by atoms with Gasteiger partial charge in [0.25, 0.3) is 5.56 Å². The lowest BCUT2D eigenvalue weighted by molar-refractivity contribution is 0.153. The van der Waals surface area contributed by atoms with Crippen LogP contribution in [0.5, 0.6) is 0 Å². The second-order valence-electron chi connectivity index (χ2n) is 6.23. The van der Waals surface area contributed by atoms with E-state index in [1.807, 2.05) is 19.1 Å². The summed E-state index contributed by atoms with van der Waals surface area (Å²) in [4.78, 5) is 21.7. The van der Waals surface area contributed by atoms with Crippen LogP contribution < -0.4 is 5.56 Å². The van der Waals surface area contributed by atoms with Crippen molar-refractivity contribution in [3.8, 4) is 17.2 Å². The molecule has 0 spiro atoms. The van der Waals surface area contributed by atoms with E-state index in [1.54, 1.807) is 36.9 Å². The third kappa shape index (κ3) is 3.44. The topological polar surface area (TPSA) is 80.8 Å². The van der Waals surface area contributed by atoms with Crippen LogP contribution >= 0.6 is 11.6 Å². The Hall–Kier alpha value is -2.75. The summed E-state index contributed by atoms with van der Waals surface area (Å²) in [6.07, 6.45) is 2.37. The van der Waals surface area contributed by atoms with Crippen molar-refractivity contribution in [2.24, 2.45) is 0 Å². The minimum atomic E-state index is -0.172. The zero-order chi connectivity index (χ0) is 19.6. The van der Waals surface area contributed by atoms with Gasteiger partial charge in [0, 0.05) is 18.9 Å². The molecular formula is C20H19ClN4O2. The van der Waals surface area contributed by atoms with Crippen LogP contribution in [0.15, 0.2) is 35.3 Å². The number of aryl methyl sites for hydroxylation is 1. The van der Waals surface area contributed by atoms with Gasteiger partial charge in [0.15, 0.2) is 5.65 Å². The molecule has 1 atom stereocenters. The number of hydrogen-bond donors (Lipinski definition) is 0. The van der Waals surface area contributed by atoms with Crippen LogP contribution in [-0.4, -0.2) is 28.3 Å². The molecule has 1 aromatic carbocycles. The van der Waals surface area contributed by atoms with Crippen molar-refractivity contribution in [2.75, 3.05) is 13.7 Å². The number of hydrogen-bond acceptors (Lipinski definition) is 5. The van der Waals surface area contributed by atoms with E-state index in [2.05, 4.69) is 16.0 Å². The van der Waals surface area contributed by atoms with Crippen LogP contribution in [0.1, 0.15) is 30.6 Å². The quantitative estimate of drug-likeness (QED) is 0.668. The summed E-state index contributed by atoms with van der Waals surface area (Å²) >= 11 is 6.20. The molecule has 0 aliphatic carbocycles. The molecule has 2 aromatic heterocycles. The minimum absolute atomic E-state index is 0.140. The van der Waals surface area contributed by atoms with Crippen molar-refractivity contribution in [2.45, 2.75) is 26.3 Å². The number of rotatable bonds is 5. The minimum Gasteiger partial charge on any atom is -0.383 e. The van der Waals surface area contributed by atoms with Gasteiger partial charge in [-0.15, -0.1) is 0 Å². The zero-order valence-electron chi connectivity index (χ0n) is 15.4. The molecule has 2 heterocycles. The van der Waals surface area contributed by atoms with Crippen molar-refractivity contribution in [3.63, 3.8) is 0 Å².